The molecule has 0 saturated heterocycles. The lowest BCUT2D eigenvalue weighted by atomic mass is 9.96. The molecule has 1 aliphatic rings. The maximum atomic E-state index is 5.81. The third-order valence-electron chi connectivity index (χ3n) is 2.74. The number of rotatable bonds is 4. The summed E-state index contributed by atoms with van der Waals surface area (Å²) in [6.45, 7) is 16.4. The maximum absolute atomic E-state index is 5.81. The monoisotopic (exact) mass is 217 g/mol. The largest absolute Gasteiger partial charge is 0.359 e. The number of hydrazine groups is 1. The molecule has 0 unspecified atom stereocenters. The molecule has 3 nitrogen and oxygen atoms in total. The zero-order valence-electron chi connectivity index (χ0n) is 10.0. The van der Waals surface area contributed by atoms with Gasteiger partial charge in [0, 0.05) is 12.7 Å². The minimum atomic E-state index is 0.710. The molecule has 0 spiro atoms. The molecule has 3 heteroatoms. The van der Waals surface area contributed by atoms with Crippen molar-refractivity contribution in [2.75, 3.05) is 6.54 Å². The van der Waals surface area contributed by atoms with Crippen LogP contribution in [0.4, 0.5) is 0 Å². The third-order valence-corrected chi connectivity index (χ3v) is 2.74. The summed E-state index contributed by atoms with van der Waals surface area (Å²) in [7, 11) is 0. The fourth-order valence-corrected chi connectivity index (χ4v) is 1.53. The van der Waals surface area contributed by atoms with Crippen molar-refractivity contribution in [3.63, 3.8) is 0 Å². The van der Waals surface area contributed by atoms with Crippen molar-refractivity contribution in [3.8, 4) is 0 Å². The Morgan fingerprint density at radius 3 is 2.75 bits per heavy atom. The highest BCUT2D eigenvalue weighted by Crippen LogP contribution is 2.27. The lowest BCUT2D eigenvalue weighted by molar-refractivity contribution is 0.384. The van der Waals surface area contributed by atoms with Gasteiger partial charge in [-0.3, -0.25) is 0 Å². The van der Waals surface area contributed by atoms with Crippen molar-refractivity contribution in [3.05, 3.63) is 60.1 Å². The average molecular weight is 217 g/mol. The number of nitrogens with one attached hydrogen (secondary N) is 1. The molecule has 1 rings (SSSR count). The third kappa shape index (κ3) is 2.09. The van der Waals surface area contributed by atoms with Crippen molar-refractivity contribution in [1.29, 1.82) is 0 Å². The van der Waals surface area contributed by atoms with Crippen LogP contribution in [0.15, 0.2) is 60.1 Å². The number of dihydropyridines is 1. The average Bonchev–Trinajstić information content (AvgIpc) is 2.30. The topological polar surface area (TPSA) is 41.3 Å². The van der Waals surface area contributed by atoms with E-state index in [0.717, 1.165) is 28.1 Å². The van der Waals surface area contributed by atoms with Crippen molar-refractivity contribution in [2.45, 2.75) is 13.8 Å². The van der Waals surface area contributed by atoms with Gasteiger partial charge in [0.15, 0.2) is 0 Å². The number of nitrogens with zero attached hydrogens (tertiary/aromatic N) is 1. The van der Waals surface area contributed by atoms with Gasteiger partial charge in [-0.15, -0.1) is 0 Å². The summed E-state index contributed by atoms with van der Waals surface area (Å²) >= 11 is 0. The Labute approximate surface area is 97.3 Å². The fraction of sp³-hybridized carbons (Fsp3) is 0.231. The molecule has 3 N–H and O–H groups in total. The second-order valence-electron chi connectivity index (χ2n) is 3.66. The molecule has 0 bridgehead atoms. The van der Waals surface area contributed by atoms with Crippen LogP contribution in [0.2, 0.25) is 0 Å². The molecule has 16 heavy (non-hydrogen) atoms. The van der Waals surface area contributed by atoms with Gasteiger partial charge < -0.3 is 10.3 Å². The number of hydrogen-bond donors (Lipinski definition) is 2. The molecule has 0 saturated carbocycles. The summed E-state index contributed by atoms with van der Waals surface area (Å²) in [6.07, 6.45) is 3.64. The SMILES string of the molecule is C=CC1=CNC(C(=C)N(N)CC)=C(C)C1=C. The van der Waals surface area contributed by atoms with Crippen LogP contribution in [0.3, 0.4) is 0 Å². The van der Waals surface area contributed by atoms with Crippen molar-refractivity contribution < 1.29 is 0 Å². The van der Waals surface area contributed by atoms with Crippen LogP contribution in [-0.2, 0) is 0 Å². The summed E-state index contributed by atoms with van der Waals surface area (Å²) in [4.78, 5) is 0. The van der Waals surface area contributed by atoms with Gasteiger partial charge in [0.05, 0.1) is 11.4 Å². The van der Waals surface area contributed by atoms with Crippen molar-refractivity contribution in [1.82, 2.24) is 10.3 Å². The lowest BCUT2D eigenvalue weighted by Crippen LogP contribution is -2.33. The van der Waals surface area contributed by atoms with Gasteiger partial charge >= 0.3 is 0 Å². The van der Waals surface area contributed by atoms with Crippen LogP contribution < -0.4 is 11.2 Å². The van der Waals surface area contributed by atoms with E-state index < -0.39 is 0 Å². The van der Waals surface area contributed by atoms with E-state index in [0.29, 0.717) is 6.54 Å². The first kappa shape index (κ1) is 12.3. The molecular formula is C13H19N3. The Morgan fingerprint density at radius 1 is 1.62 bits per heavy atom. The normalized spacial score (nSPS) is 15.4. The zero-order valence-corrected chi connectivity index (χ0v) is 10.0. The highest BCUT2D eigenvalue weighted by molar-refractivity contribution is 5.56. The van der Waals surface area contributed by atoms with Crippen LogP contribution >= 0.6 is 0 Å². The molecule has 0 aromatic rings. The van der Waals surface area contributed by atoms with Crippen LogP contribution in [0.25, 0.3) is 0 Å². The van der Waals surface area contributed by atoms with Crippen molar-refractivity contribution >= 4 is 0 Å². The summed E-state index contributed by atoms with van der Waals surface area (Å²) in [6, 6.07) is 0. The highest BCUT2D eigenvalue weighted by Gasteiger charge is 2.16. The van der Waals surface area contributed by atoms with E-state index in [-0.39, 0.29) is 0 Å². The second-order valence-corrected chi connectivity index (χ2v) is 3.66. The Morgan fingerprint density at radius 2 is 2.25 bits per heavy atom. The van der Waals surface area contributed by atoms with E-state index in [2.05, 4.69) is 25.1 Å². The second kappa shape index (κ2) is 4.86. The first-order chi connectivity index (χ1) is 7.52. The van der Waals surface area contributed by atoms with Gasteiger partial charge in [0.1, 0.15) is 0 Å². The van der Waals surface area contributed by atoms with Crippen LogP contribution in [0.1, 0.15) is 13.8 Å². The number of nitrogens with two attached hydrogens (primary N) is 1. The molecule has 1 aliphatic heterocycles. The minimum Gasteiger partial charge on any atom is -0.359 e. The fourth-order valence-electron chi connectivity index (χ4n) is 1.53. The van der Waals surface area contributed by atoms with Gasteiger partial charge in [-0.25, -0.2) is 5.84 Å². The van der Waals surface area contributed by atoms with Gasteiger partial charge in [-0.05, 0) is 30.6 Å². The minimum absolute atomic E-state index is 0.710. The van der Waals surface area contributed by atoms with Crippen LogP contribution in [-0.4, -0.2) is 11.6 Å². The van der Waals surface area contributed by atoms with Crippen LogP contribution in [0, 0.1) is 0 Å². The molecule has 0 amide bonds. The van der Waals surface area contributed by atoms with E-state index in [1.54, 1.807) is 11.1 Å². The van der Waals surface area contributed by atoms with E-state index in [9.17, 15) is 0 Å². The van der Waals surface area contributed by atoms with Crippen molar-refractivity contribution in [2.24, 2.45) is 5.84 Å². The Bertz CT molecular complexity index is 399. The molecule has 0 fully saturated rings. The van der Waals surface area contributed by atoms with E-state index in [4.69, 9.17) is 5.84 Å². The summed E-state index contributed by atoms with van der Waals surface area (Å²) < 4.78 is 0. The van der Waals surface area contributed by atoms with E-state index in [1.165, 1.54) is 0 Å². The quantitative estimate of drug-likeness (QED) is 0.560. The molecule has 0 aliphatic carbocycles. The molecule has 0 aromatic carbocycles. The Balaban J connectivity index is 3.01. The Kier molecular flexibility index (Phi) is 3.74. The summed E-state index contributed by atoms with van der Waals surface area (Å²) in [5.41, 5.74) is 4.68. The van der Waals surface area contributed by atoms with Gasteiger partial charge in [-0.2, -0.15) is 0 Å². The standard InChI is InChI=1S/C13H19N3/c1-6-12-8-15-13(10(4)9(12)3)11(5)16(14)7-2/h6,8,15H,1,3,5,7,14H2,2,4H3. The number of allylic oxidation sites excluding steroid dienone is 4. The van der Waals surface area contributed by atoms with Gasteiger partial charge in [0.25, 0.3) is 0 Å². The first-order valence-corrected chi connectivity index (χ1v) is 5.24. The Hall–Kier alpha value is -1.74. The highest BCUT2D eigenvalue weighted by atomic mass is 15.4. The maximum Gasteiger partial charge on any atom is 0.0683 e. The molecule has 0 radical (unpaired) electrons. The predicted octanol–water partition coefficient (Wildman–Crippen LogP) is 2.20. The number of hydrogen-bond acceptors (Lipinski definition) is 3. The van der Waals surface area contributed by atoms with Gasteiger partial charge in [0.2, 0.25) is 0 Å². The van der Waals surface area contributed by atoms with Crippen LogP contribution in [0.5, 0.6) is 0 Å². The summed E-state index contributed by atoms with van der Waals surface area (Å²) in [5.74, 6) is 5.81. The van der Waals surface area contributed by atoms with E-state index >= 15 is 0 Å². The lowest BCUT2D eigenvalue weighted by Gasteiger charge is -2.27. The van der Waals surface area contributed by atoms with E-state index in [1.807, 2.05) is 20.0 Å². The molecule has 1 heterocycles. The molecule has 86 valence electrons. The molecule has 0 aromatic heterocycles. The zero-order chi connectivity index (χ0) is 12.3. The molecule has 0 atom stereocenters. The summed E-state index contributed by atoms with van der Waals surface area (Å²) in [5, 5.41) is 4.78. The predicted molar refractivity (Wildman–Crippen MR) is 69.0 cm³/mol. The first-order valence-electron chi connectivity index (χ1n) is 5.24. The number of likely N-dealkylation sites (N-methyl/N-ethyl adjacent to an activating group) is 1. The van der Waals surface area contributed by atoms with Gasteiger partial charge in [-0.1, -0.05) is 25.8 Å². The smallest absolute Gasteiger partial charge is 0.0683 e. The molecular weight excluding hydrogens is 198 g/mol.